The topological polar surface area (TPSA) is 78.4 Å². The Balaban J connectivity index is 1.21. The second-order valence-electron chi connectivity index (χ2n) is 9.36. The van der Waals surface area contributed by atoms with Crippen molar-refractivity contribution < 1.29 is 23.5 Å². The van der Waals surface area contributed by atoms with Crippen molar-refractivity contribution in [2.24, 2.45) is 23.2 Å². The number of hydrogen-bond donors (Lipinski definition) is 3. The Morgan fingerprint density at radius 1 is 1.03 bits per heavy atom. The number of halogens is 2. The summed E-state index contributed by atoms with van der Waals surface area (Å²) in [6, 6.07) is 2.88. The number of carbonyl (C=O) groups excluding carboxylic acids is 2. The average Bonchev–Trinajstić information content (AvgIpc) is 2.63. The van der Waals surface area contributed by atoms with Crippen molar-refractivity contribution in [3.63, 3.8) is 0 Å². The molecule has 29 heavy (non-hydrogen) atoms. The first-order chi connectivity index (χ1) is 13.8. The molecular weight excluding hydrogens is 378 g/mol. The van der Waals surface area contributed by atoms with E-state index in [-0.39, 0.29) is 30.0 Å². The lowest BCUT2D eigenvalue weighted by Gasteiger charge is -2.56. The summed E-state index contributed by atoms with van der Waals surface area (Å²) in [4.78, 5) is 24.4. The highest BCUT2D eigenvalue weighted by molar-refractivity contribution is 5.85. The van der Waals surface area contributed by atoms with E-state index in [9.17, 15) is 23.5 Å². The Morgan fingerprint density at radius 2 is 1.66 bits per heavy atom. The molecule has 4 saturated carbocycles. The number of benzene rings is 1. The molecule has 0 heterocycles. The Hall–Kier alpha value is -2.02. The van der Waals surface area contributed by atoms with Gasteiger partial charge in [-0.05, 0) is 67.8 Å². The first-order valence-corrected chi connectivity index (χ1v) is 10.5. The summed E-state index contributed by atoms with van der Waals surface area (Å²) in [5, 5.41) is 15.2. The minimum Gasteiger partial charge on any atom is -0.386 e. The molecule has 158 valence electrons. The molecule has 4 aliphatic rings. The van der Waals surface area contributed by atoms with Crippen molar-refractivity contribution in [3.05, 3.63) is 35.4 Å². The molecule has 5 nitrogen and oxygen atoms in total. The van der Waals surface area contributed by atoms with E-state index in [0.29, 0.717) is 12.5 Å². The fourth-order valence-corrected chi connectivity index (χ4v) is 6.24. The van der Waals surface area contributed by atoms with Crippen LogP contribution in [0.25, 0.3) is 0 Å². The number of rotatable bonds is 7. The van der Waals surface area contributed by atoms with Crippen LogP contribution in [0.2, 0.25) is 0 Å². The predicted octanol–water partition coefficient (Wildman–Crippen LogP) is 2.84. The summed E-state index contributed by atoms with van der Waals surface area (Å²) in [6.07, 6.45) is 6.55. The van der Waals surface area contributed by atoms with Gasteiger partial charge in [0.05, 0.1) is 12.6 Å². The standard InChI is InChI=1S/C22H28F2N2O3/c23-16-1-2-17(18(24)6-16)19(27)11-25-21(29)12-26-20(28)10-22-7-13-3-14(8-22)5-15(4-13)9-22/h1-2,6,13-15,19,27H,3-5,7-12H2,(H,25,29)(H,26,28). The maximum atomic E-state index is 13.7. The van der Waals surface area contributed by atoms with Crippen molar-refractivity contribution in [3.8, 4) is 0 Å². The van der Waals surface area contributed by atoms with E-state index in [0.717, 1.165) is 49.1 Å². The van der Waals surface area contributed by atoms with Gasteiger partial charge in [-0.15, -0.1) is 0 Å². The lowest BCUT2D eigenvalue weighted by molar-refractivity contribution is -0.132. The van der Waals surface area contributed by atoms with Crippen LogP contribution < -0.4 is 10.6 Å². The highest BCUT2D eigenvalue weighted by Gasteiger charge is 2.51. The Bertz CT molecular complexity index is 763. The highest BCUT2D eigenvalue weighted by atomic mass is 19.1. The zero-order chi connectivity index (χ0) is 20.6. The Kier molecular flexibility index (Phi) is 5.60. The van der Waals surface area contributed by atoms with Crippen molar-refractivity contribution >= 4 is 11.8 Å². The number of aliphatic hydroxyl groups is 1. The molecule has 0 spiro atoms. The van der Waals surface area contributed by atoms with Gasteiger partial charge in [0.15, 0.2) is 0 Å². The fourth-order valence-electron chi connectivity index (χ4n) is 6.24. The van der Waals surface area contributed by atoms with Crippen molar-refractivity contribution in [2.45, 2.75) is 51.0 Å². The number of hydrogen-bond acceptors (Lipinski definition) is 3. The van der Waals surface area contributed by atoms with Crippen LogP contribution in [0.5, 0.6) is 0 Å². The minimum atomic E-state index is -1.29. The molecule has 0 aliphatic heterocycles. The lowest BCUT2D eigenvalue weighted by Crippen LogP contribution is -2.48. The first-order valence-electron chi connectivity index (χ1n) is 10.5. The van der Waals surface area contributed by atoms with E-state index in [2.05, 4.69) is 10.6 Å². The SMILES string of the molecule is O=C(CNC(=O)CC12CC3CC(CC(C3)C1)C2)NCC(O)c1ccc(F)cc1F. The van der Waals surface area contributed by atoms with Crippen molar-refractivity contribution in [2.75, 3.05) is 13.1 Å². The average molecular weight is 406 g/mol. The number of nitrogens with one attached hydrogen (secondary N) is 2. The second kappa shape index (κ2) is 8.01. The first kappa shape index (κ1) is 20.3. The summed E-state index contributed by atoms with van der Waals surface area (Å²) >= 11 is 0. The van der Waals surface area contributed by atoms with Gasteiger partial charge >= 0.3 is 0 Å². The van der Waals surface area contributed by atoms with Crippen LogP contribution in [0.1, 0.15) is 56.6 Å². The molecule has 4 fully saturated rings. The van der Waals surface area contributed by atoms with Gasteiger partial charge in [-0.2, -0.15) is 0 Å². The van der Waals surface area contributed by atoms with Crippen LogP contribution in [0, 0.1) is 34.8 Å². The van der Waals surface area contributed by atoms with Gasteiger partial charge in [-0.1, -0.05) is 6.07 Å². The summed E-state index contributed by atoms with van der Waals surface area (Å²) in [5.74, 6) is 0.152. The van der Waals surface area contributed by atoms with Crippen LogP contribution in [-0.2, 0) is 9.59 Å². The van der Waals surface area contributed by atoms with Gasteiger partial charge in [0.1, 0.15) is 11.6 Å². The summed E-state index contributed by atoms with van der Waals surface area (Å²) in [7, 11) is 0. The molecule has 0 radical (unpaired) electrons. The molecular formula is C22H28F2N2O3. The molecule has 2 amide bonds. The van der Waals surface area contributed by atoms with Crippen LogP contribution in [0.15, 0.2) is 18.2 Å². The molecule has 3 N–H and O–H groups in total. The molecule has 5 rings (SSSR count). The van der Waals surface area contributed by atoms with E-state index in [1.165, 1.54) is 19.3 Å². The smallest absolute Gasteiger partial charge is 0.239 e. The van der Waals surface area contributed by atoms with Gasteiger partial charge in [-0.25, -0.2) is 8.78 Å². The number of aliphatic hydroxyl groups excluding tert-OH is 1. The predicted molar refractivity (Wildman–Crippen MR) is 103 cm³/mol. The van der Waals surface area contributed by atoms with Crippen LogP contribution in [-0.4, -0.2) is 30.0 Å². The van der Waals surface area contributed by atoms with E-state index < -0.39 is 23.6 Å². The maximum Gasteiger partial charge on any atom is 0.239 e. The Labute approximate surface area is 169 Å². The van der Waals surface area contributed by atoms with Crippen molar-refractivity contribution in [1.29, 1.82) is 0 Å². The second-order valence-corrected chi connectivity index (χ2v) is 9.36. The van der Waals surface area contributed by atoms with E-state index in [4.69, 9.17) is 0 Å². The van der Waals surface area contributed by atoms with Gasteiger partial charge < -0.3 is 15.7 Å². The molecule has 4 bridgehead atoms. The summed E-state index contributed by atoms with van der Waals surface area (Å²) < 4.78 is 26.6. The number of carbonyl (C=O) groups is 2. The molecule has 1 aromatic rings. The molecule has 7 heteroatoms. The largest absolute Gasteiger partial charge is 0.386 e. The minimum absolute atomic E-state index is 0.0856. The highest BCUT2D eigenvalue weighted by Crippen LogP contribution is 2.61. The van der Waals surface area contributed by atoms with Gasteiger partial charge in [0, 0.05) is 24.6 Å². The Morgan fingerprint density at radius 3 is 2.24 bits per heavy atom. The third kappa shape index (κ3) is 4.60. The molecule has 0 aromatic heterocycles. The van der Waals surface area contributed by atoms with Crippen LogP contribution in [0.4, 0.5) is 8.78 Å². The molecule has 1 unspecified atom stereocenters. The molecule has 0 saturated heterocycles. The third-order valence-electron chi connectivity index (χ3n) is 6.96. The maximum absolute atomic E-state index is 13.7. The van der Waals surface area contributed by atoms with Crippen LogP contribution in [0.3, 0.4) is 0 Å². The molecule has 1 aromatic carbocycles. The van der Waals surface area contributed by atoms with Gasteiger partial charge in [0.25, 0.3) is 0 Å². The monoisotopic (exact) mass is 406 g/mol. The quantitative estimate of drug-likeness (QED) is 0.652. The van der Waals surface area contributed by atoms with Crippen molar-refractivity contribution in [1.82, 2.24) is 10.6 Å². The van der Waals surface area contributed by atoms with Crippen LogP contribution >= 0.6 is 0 Å². The lowest BCUT2D eigenvalue weighted by atomic mass is 9.49. The third-order valence-corrected chi connectivity index (χ3v) is 6.96. The summed E-state index contributed by atoms with van der Waals surface area (Å²) in [5.41, 5.74) is 0.0311. The van der Waals surface area contributed by atoms with E-state index >= 15 is 0 Å². The van der Waals surface area contributed by atoms with Gasteiger partial charge in [0.2, 0.25) is 11.8 Å². The van der Waals surface area contributed by atoms with E-state index in [1.54, 1.807) is 0 Å². The van der Waals surface area contributed by atoms with E-state index in [1.807, 2.05) is 0 Å². The van der Waals surface area contributed by atoms with Gasteiger partial charge in [-0.3, -0.25) is 9.59 Å². The fraction of sp³-hybridized carbons (Fsp3) is 0.636. The zero-order valence-electron chi connectivity index (χ0n) is 16.4. The molecule has 1 atom stereocenters. The molecule has 4 aliphatic carbocycles. The normalized spacial score (nSPS) is 30.8. The number of amides is 2. The summed E-state index contributed by atoms with van der Waals surface area (Å²) in [6.45, 7) is -0.393. The zero-order valence-corrected chi connectivity index (χ0v) is 16.4.